The summed E-state index contributed by atoms with van der Waals surface area (Å²) in [6, 6.07) is 5.84. The van der Waals surface area contributed by atoms with Crippen molar-refractivity contribution >= 4 is 23.3 Å². The predicted octanol–water partition coefficient (Wildman–Crippen LogP) is 4.61. The molecule has 0 heterocycles. The molecule has 1 aliphatic carbocycles. The molecule has 0 bridgehead atoms. The average molecular weight is 293 g/mol. The van der Waals surface area contributed by atoms with E-state index in [4.69, 9.17) is 11.6 Å². The molecule has 0 radical (unpaired) electrons. The Balaban J connectivity index is 2.13. The van der Waals surface area contributed by atoms with Gasteiger partial charge in [-0.05, 0) is 31.4 Å². The zero-order valence-corrected chi connectivity index (χ0v) is 12.6. The number of nitrogens with one attached hydrogen (secondary N) is 1. The number of urea groups is 1. The Kier molecular flexibility index (Phi) is 5.07. The van der Waals surface area contributed by atoms with Crippen molar-refractivity contribution in [2.24, 2.45) is 0 Å². The van der Waals surface area contributed by atoms with Gasteiger partial charge < -0.3 is 10.2 Å². The SMILES string of the molecule is C=CCN(C(=O)Nc1c(C)cccc1Cl)C1CCCC1. The number of amides is 2. The minimum absolute atomic E-state index is 0.0898. The van der Waals surface area contributed by atoms with E-state index < -0.39 is 0 Å². The van der Waals surface area contributed by atoms with Gasteiger partial charge in [-0.25, -0.2) is 4.79 Å². The van der Waals surface area contributed by atoms with Crippen LogP contribution in [0.15, 0.2) is 30.9 Å². The van der Waals surface area contributed by atoms with Gasteiger partial charge in [0.2, 0.25) is 0 Å². The number of aryl methyl sites for hydroxylation is 1. The molecule has 20 heavy (non-hydrogen) atoms. The summed E-state index contributed by atoms with van der Waals surface area (Å²) < 4.78 is 0. The van der Waals surface area contributed by atoms with E-state index in [9.17, 15) is 4.79 Å². The fourth-order valence-electron chi connectivity index (χ4n) is 2.72. The maximum atomic E-state index is 12.5. The second-order valence-electron chi connectivity index (χ2n) is 5.24. The summed E-state index contributed by atoms with van der Waals surface area (Å²) >= 11 is 6.16. The highest BCUT2D eigenvalue weighted by molar-refractivity contribution is 6.33. The lowest BCUT2D eigenvalue weighted by Crippen LogP contribution is -2.41. The van der Waals surface area contributed by atoms with Crippen molar-refractivity contribution in [1.82, 2.24) is 4.90 Å². The van der Waals surface area contributed by atoms with Gasteiger partial charge >= 0.3 is 6.03 Å². The highest BCUT2D eigenvalue weighted by Crippen LogP contribution is 2.28. The molecular weight excluding hydrogens is 272 g/mol. The van der Waals surface area contributed by atoms with Crippen LogP contribution in [0.4, 0.5) is 10.5 Å². The van der Waals surface area contributed by atoms with Crippen LogP contribution in [-0.4, -0.2) is 23.5 Å². The fourth-order valence-corrected chi connectivity index (χ4v) is 2.99. The summed E-state index contributed by atoms with van der Waals surface area (Å²) in [5.41, 5.74) is 1.67. The van der Waals surface area contributed by atoms with E-state index in [1.165, 1.54) is 12.8 Å². The number of hydrogen-bond acceptors (Lipinski definition) is 1. The molecule has 3 nitrogen and oxygen atoms in total. The molecule has 1 fully saturated rings. The Morgan fingerprint density at radius 1 is 1.50 bits per heavy atom. The van der Waals surface area contributed by atoms with Crippen molar-refractivity contribution in [3.8, 4) is 0 Å². The normalized spacial score (nSPS) is 15.1. The number of anilines is 1. The van der Waals surface area contributed by atoms with Crippen LogP contribution < -0.4 is 5.32 Å². The van der Waals surface area contributed by atoms with E-state index in [-0.39, 0.29) is 6.03 Å². The van der Waals surface area contributed by atoms with Gasteiger partial charge in [-0.1, -0.05) is 42.7 Å². The molecule has 0 aliphatic heterocycles. The third-order valence-electron chi connectivity index (χ3n) is 3.81. The number of hydrogen-bond donors (Lipinski definition) is 1. The van der Waals surface area contributed by atoms with Crippen molar-refractivity contribution in [3.63, 3.8) is 0 Å². The molecule has 0 atom stereocenters. The monoisotopic (exact) mass is 292 g/mol. The molecule has 1 aromatic rings. The zero-order valence-electron chi connectivity index (χ0n) is 11.9. The molecule has 1 aromatic carbocycles. The van der Waals surface area contributed by atoms with E-state index in [0.29, 0.717) is 23.3 Å². The van der Waals surface area contributed by atoms with E-state index in [1.54, 1.807) is 12.1 Å². The molecule has 4 heteroatoms. The van der Waals surface area contributed by atoms with E-state index in [1.807, 2.05) is 24.0 Å². The van der Waals surface area contributed by atoms with Gasteiger partial charge in [-0.3, -0.25) is 0 Å². The Labute approximate surface area is 125 Å². The number of halogens is 1. The van der Waals surface area contributed by atoms with Crippen LogP contribution in [0.2, 0.25) is 5.02 Å². The third-order valence-corrected chi connectivity index (χ3v) is 4.12. The predicted molar refractivity (Wildman–Crippen MR) is 84.4 cm³/mol. The Bertz CT molecular complexity index is 475. The lowest BCUT2D eigenvalue weighted by atomic mass is 10.2. The molecule has 2 rings (SSSR count). The summed E-state index contributed by atoms with van der Waals surface area (Å²) in [5, 5.41) is 3.52. The van der Waals surface area contributed by atoms with Crippen LogP contribution in [-0.2, 0) is 0 Å². The first kappa shape index (κ1) is 14.9. The van der Waals surface area contributed by atoms with E-state index in [2.05, 4.69) is 11.9 Å². The Morgan fingerprint density at radius 3 is 2.80 bits per heavy atom. The van der Waals surface area contributed by atoms with Crippen LogP contribution in [0.3, 0.4) is 0 Å². The van der Waals surface area contributed by atoms with Gasteiger partial charge in [0.15, 0.2) is 0 Å². The van der Waals surface area contributed by atoms with Crippen molar-refractivity contribution in [3.05, 3.63) is 41.4 Å². The highest BCUT2D eigenvalue weighted by atomic mass is 35.5. The van der Waals surface area contributed by atoms with Crippen molar-refractivity contribution < 1.29 is 4.79 Å². The molecule has 0 saturated heterocycles. The quantitative estimate of drug-likeness (QED) is 0.808. The Morgan fingerprint density at radius 2 is 2.20 bits per heavy atom. The Hall–Kier alpha value is -1.48. The number of carbonyl (C=O) groups is 1. The molecule has 108 valence electrons. The molecule has 2 amide bonds. The van der Waals surface area contributed by atoms with Crippen molar-refractivity contribution in [1.29, 1.82) is 0 Å². The van der Waals surface area contributed by atoms with Crippen LogP contribution in [0, 0.1) is 6.92 Å². The number of carbonyl (C=O) groups excluding carboxylic acids is 1. The summed E-state index contributed by atoms with van der Waals surface area (Å²) in [5.74, 6) is 0. The van der Waals surface area contributed by atoms with E-state index >= 15 is 0 Å². The van der Waals surface area contributed by atoms with E-state index in [0.717, 1.165) is 18.4 Å². The van der Waals surface area contributed by atoms with Gasteiger partial charge in [0, 0.05) is 12.6 Å². The number of rotatable bonds is 4. The maximum absolute atomic E-state index is 12.5. The molecule has 1 N–H and O–H groups in total. The van der Waals surface area contributed by atoms with Crippen molar-refractivity contribution in [2.75, 3.05) is 11.9 Å². The van der Waals surface area contributed by atoms with Gasteiger partial charge in [-0.2, -0.15) is 0 Å². The second-order valence-corrected chi connectivity index (χ2v) is 5.65. The number of nitrogens with zero attached hydrogens (tertiary/aromatic N) is 1. The second kappa shape index (κ2) is 6.80. The van der Waals surface area contributed by atoms with Gasteiger partial charge in [0.1, 0.15) is 0 Å². The van der Waals surface area contributed by atoms with Gasteiger partial charge in [0.25, 0.3) is 0 Å². The fraction of sp³-hybridized carbons (Fsp3) is 0.438. The van der Waals surface area contributed by atoms with Gasteiger partial charge in [0.05, 0.1) is 10.7 Å². The first-order chi connectivity index (χ1) is 9.63. The zero-order chi connectivity index (χ0) is 14.5. The first-order valence-electron chi connectivity index (χ1n) is 7.07. The lowest BCUT2D eigenvalue weighted by Gasteiger charge is -2.28. The van der Waals surface area contributed by atoms with Crippen molar-refractivity contribution in [2.45, 2.75) is 38.6 Å². The summed E-state index contributed by atoms with van der Waals surface area (Å²) in [6.45, 7) is 6.26. The molecule has 1 aliphatic rings. The van der Waals surface area contributed by atoms with Crippen LogP contribution >= 0.6 is 11.6 Å². The van der Waals surface area contributed by atoms with Crippen LogP contribution in [0.25, 0.3) is 0 Å². The summed E-state index contributed by atoms with van der Waals surface area (Å²) in [7, 11) is 0. The standard InChI is InChI=1S/C16H21ClN2O/c1-3-11-19(13-8-4-5-9-13)16(20)18-15-12(2)7-6-10-14(15)17/h3,6-7,10,13H,1,4-5,8-9,11H2,2H3,(H,18,20). The maximum Gasteiger partial charge on any atom is 0.322 e. The first-order valence-corrected chi connectivity index (χ1v) is 7.45. The van der Waals surface area contributed by atoms with Gasteiger partial charge in [-0.15, -0.1) is 6.58 Å². The molecule has 0 unspecified atom stereocenters. The number of para-hydroxylation sites is 1. The molecule has 0 aromatic heterocycles. The van der Waals surface area contributed by atoms with Crippen LogP contribution in [0.5, 0.6) is 0 Å². The lowest BCUT2D eigenvalue weighted by molar-refractivity contribution is 0.196. The molecular formula is C16H21ClN2O. The summed E-state index contributed by atoms with van der Waals surface area (Å²) in [6.07, 6.45) is 6.30. The number of benzene rings is 1. The minimum Gasteiger partial charge on any atom is -0.318 e. The molecule has 0 spiro atoms. The topological polar surface area (TPSA) is 32.3 Å². The smallest absolute Gasteiger partial charge is 0.318 e. The average Bonchev–Trinajstić information content (AvgIpc) is 2.94. The highest BCUT2D eigenvalue weighted by Gasteiger charge is 2.26. The van der Waals surface area contributed by atoms with Crippen LogP contribution in [0.1, 0.15) is 31.2 Å². The summed E-state index contributed by atoms with van der Waals surface area (Å²) in [4.78, 5) is 14.4. The largest absolute Gasteiger partial charge is 0.322 e. The molecule has 1 saturated carbocycles. The minimum atomic E-state index is -0.0898. The third kappa shape index (κ3) is 3.34.